The first-order valence-electron chi connectivity index (χ1n) is 21.2. The van der Waals surface area contributed by atoms with Gasteiger partial charge in [-0.25, -0.2) is 14.5 Å². The van der Waals surface area contributed by atoms with E-state index >= 15 is 0 Å². The standard InChI is InChI=1S/2C17H24N2O2.C13H18N2O/c2*1-6-7-14(20)19-9-8-13-16(2,3)15(21)12(18-5)10-17(13,4)11-19;1-12(2)10-5-6-15-8-13(10,3)7-9(14-4)11(12)16/h2*10,13H,6-9,11H2,1-4H3;7,10,15H,5-6,8H2,1-3H3/t2*13-,17+;10-,13+/m100/s1. The largest absolute Gasteiger partial charge is 0.342 e. The van der Waals surface area contributed by atoms with E-state index in [9.17, 15) is 24.0 Å². The molecule has 3 saturated heterocycles. The molecule has 3 heterocycles. The Kier molecular flexibility index (Phi) is 13.6. The quantitative estimate of drug-likeness (QED) is 0.288. The van der Waals surface area contributed by atoms with Crippen LogP contribution in [0, 0.1) is 70.0 Å². The second kappa shape index (κ2) is 17.1. The van der Waals surface area contributed by atoms with Crippen molar-refractivity contribution in [3.8, 4) is 0 Å². The van der Waals surface area contributed by atoms with E-state index in [1.54, 1.807) is 0 Å². The van der Waals surface area contributed by atoms with E-state index in [4.69, 9.17) is 19.7 Å². The number of nitrogens with one attached hydrogen (secondary N) is 1. The molecule has 314 valence electrons. The van der Waals surface area contributed by atoms with Crippen LogP contribution < -0.4 is 5.32 Å². The number of hydrogen-bond acceptors (Lipinski definition) is 6. The van der Waals surface area contributed by atoms with Gasteiger partial charge in [-0.2, -0.15) is 0 Å². The van der Waals surface area contributed by atoms with E-state index in [1.165, 1.54) is 0 Å². The second-order valence-corrected chi connectivity index (χ2v) is 19.9. The maximum Gasteiger partial charge on any atom is 0.226 e. The van der Waals surface area contributed by atoms with E-state index < -0.39 is 16.2 Å². The molecular formula is C47H66N6O5. The van der Waals surface area contributed by atoms with E-state index in [0.717, 1.165) is 58.3 Å². The van der Waals surface area contributed by atoms with Crippen LogP contribution in [0.1, 0.15) is 121 Å². The Morgan fingerprint density at radius 2 is 0.931 bits per heavy atom. The molecule has 0 aromatic rings. The highest BCUT2D eigenvalue weighted by molar-refractivity contribution is 6.03. The molecule has 58 heavy (non-hydrogen) atoms. The highest BCUT2D eigenvalue weighted by Crippen LogP contribution is 2.54. The lowest BCUT2D eigenvalue weighted by Gasteiger charge is -2.53. The van der Waals surface area contributed by atoms with Crippen molar-refractivity contribution in [1.29, 1.82) is 0 Å². The molecule has 2 amide bonds. The van der Waals surface area contributed by atoms with Crippen LogP contribution in [-0.2, 0) is 24.0 Å². The lowest BCUT2D eigenvalue weighted by Crippen LogP contribution is -2.56. The predicted octanol–water partition coefficient (Wildman–Crippen LogP) is 8.12. The Morgan fingerprint density at radius 3 is 1.26 bits per heavy atom. The molecule has 0 aromatic carbocycles. The molecule has 11 heteroatoms. The molecular weight excluding hydrogens is 729 g/mol. The topological polar surface area (TPSA) is 117 Å². The van der Waals surface area contributed by atoms with Gasteiger partial charge in [-0.3, -0.25) is 9.59 Å². The summed E-state index contributed by atoms with van der Waals surface area (Å²) < 4.78 is 0. The van der Waals surface area contributed by atoms with Gasteiger partial charge < -0.3 is 29.5 Å². The first kappa shape index (κ1) is 46.3. The lowest BCUT2D eigenvalue weighted by molar-refractivity contribution is -0.142. The minimum atomic E-state index is -0.525. The number of amides is 2. The number of ketones is 3. The number of carbonyl (C=O) groups is 5. The zero-order valence-electron chi connectivity index (χ0n) is 36.9. The van der Waals surface area contributed by atoms with Gasteiger partial charge in [-0.1, -0.05) is 94.4 Å². The molecule has 0 radical (unpaired) electrons. The summed E-state index contributed by atoms with van der Waals surface area (Å²) in [6.07, 6.45) is 11.0. The van der Waals surface area contributed by atoms with Crippen molar-refractivity contribution >= 4 is 29.2 Å². The van der Waals surface area contributed by atoms with Gasteiger partial charge in [0.2, 0.25) is 28.9 Å². The molecule has 3 fully saturated rings. The summed E-state index contributed by atoms with van der Waals surface area (Å²) >= 11 is 0. The van der Waals surface area contributed by atoms with Crippen molar-refractivity contribution in [2.45, 2.75) is 121 Å². The molecule has 0 bridgehead atoms. The first-order chi connectivity index (χ1) is 26.9. The zero-order valence-corrected chi connectivity index (χ0v) is 36.9. The number of hydrogen-bond donors (Lipinski definition) is 1. The number of Topliss-reactive ketones (excluding diaryl/α,β-unsaturated/α-hetero) is 3. The van der Waals surface area contributed by atoms with Gasteiger partial charge >= 0.3 is 0 Å². The van der Waals surface area contributed by atoms with Crippen molar-refractivity contribution in [2.75, 3.05) is 39.3 Å². The maximum absolute atomic E-state index is 12.4. The third-order valence-electron chi connectivity index (χ3n) is 14.4. The molecule has 3 aliphatic carbocycles. The molecule has 0 aromatic heterocycles. The molecule has 0 unspecified atom stereocenters. The van der Waals surface area contributed by atoms with Gasteiger partial charge in [0.25, 0.3) is 0 Å². The summed E-state index contributed by atoms with van der Waals surface area (Å²) in [6, 6.07) is 0. The molecule has 0 spiro atoms. The number of allylic oxidation sites excluding steroid dienone is 3. The van der Waals surface area contributed by atoms with E-state index in [1.807, 2.05) is 83.4 Å². The van der Waals surface area contributed by atoms with Crippen molar-refractivity contribution in [3.63, 3.8) is 0 Å². The molecule has 1 N–H and O–H groups in total. The Bertz CT molecular complexity index is 1820. The molecule has 3 aliphatic heterocycles. The van der Waals surface area contributed by atoms with E-state index in [0.29, 0.717) is 37.5 Å². The third kappa shape index (κ3) is 8.51. The normalized spacial score (nSPS) is 32.9. The van der Waals surface area contributed by atoms with Crippen molar-refractivity contribution in [2.24, 2.45) is 50.2 Å². The summed E-state index contributed by atoms with van der Waals surface area (Å²) in [5.41, 5.74) is -1.25. The number of piperidine rings is 3. The number of carbonyl (C=O) groups excluding carboxylic acids is 5. The number of likely N-dealkylation sites (tertiary alicyclic amines) is 2. The predicted molar refractivity (Wildman–Crippen MR) is 225 cm³/mol. The summed E-state index contributed by atoms with van der Waals surface area (Å²) in [6.45, 7) is 48.2. The van der Waals surface area contributed by atoms with Crippen LogP contribution in [0.25, 0.3) is 14.5 Å². The van der Waals surface area contributed by atoms with Crippen LogP contribution in [-0.4, -0.2) is 78.2 Å². The monoisotopic (exact) mass is 795 g/mol. The fraction of sp³-hybridized carbons (Fsp3) is 0.702. The average molecular weight is 795 g/mol. The number of fused-ring (bicyclic) bond motifs is 3. The van der Waals surface area contributed by atoms with Gasteiger partial charge in [0.15, 0.2) is 17.3 Å². The van der Waals surface area contributed by atoms with Crippen LogP contribution in [0.5, 0.6) is 0 Å². The summed E-state index contributed by atoms with van der Waals surface area (Å²) in [7, 11) is 0. The van der Waals surface area contributed by atoms with Crippen LogP contribution in [0.3, 0.4) is 0 Å². The molecule has 6 aliphatic rings. The first-order valence-corrected chi connectivity index (χ1v) is 21.2. The van der Waals surface area contributed by atoms with Gasteiger partial charge in [0, 0.05) is 61.8 Å². The van der Waals surface area contributed by atoms with E-state index in [-0.39, 0.29) is 68.6 Å². The minimum Gasteiger partial charge on any atom is -0.342 e. The fourth-order valence-corrected chi connectivity index (χ4v) is 11.5. The smallest absolute Gasteiger partial charge is 0.226 e. The Hall–Kier alpha value is -4.40. The maximum atomic E-state index is 12.4. The Balaban J connectivity index is 0.000000194. The van der Waals surface area contributed by atoms with Crippen LogP contribution in [0.4, 0.5) is 0 Å². The molecule has 11 nitrogen and oxygen atoms in total. The second-order valence-electron chi connectivity index (χ2n) is 19.9. The highest BCUT2D eigenvalue weighted by Gasteiger charge is 2.55. The average Bonchev–Trinajstić information content (AvgIpc) is 3.16. The van der Waals surface area contributed by atoms with Crippen molar-refractivity contribution in [1.82, 2.24) is 15.1 Å². The van der Waals surface area contributed by atoms with Crippen LogP contribution in [0.15, 0.2) is 35.3 Å². The van der Waals surface area contributed by atoms with E-state index in [2.05, 4.69) is 40.6 Å². The minimum absolute atomic E-state index is 0.0203. The number of nitrogens with zero attached hydrogens (tertiary/aromatic N) is 5. The number of rotatable bonds is 4. The highest BCUT2D eigenvalue weighted by atomic mass is 16.2. The van der Waals surface area contributed by atoms with Gasteiger partial charge in [-0.05, 0) is 72.6 Å². The fourth-order valence-electron chi connectivity index (χ4n) is 11.5. The van der Waals surface area contributed by atoms with Crippen LogP contribution in [0.2, 0.25) is 0 Å². The van der Waals surface area contributed by atoms with Crippen molar-refractivity contribution < 1.29 is 24.0 Å². The Morgan fingerprint density at radius 1 is 0.603 bits per heavy atom. The van der Waals surface area contributed by atoms with Gasteiger partial charge in [-0.15, -0.1) is 0 Å². The Labute approximate surface area is 347 Å². The molecule has 6 rings (SSSR count). The van der Waals surface area contributed by atoms with Crippen molar-refractivity contribution in [3.05, 3.63) is 69.6 Å². The van der Waals surface area contributed by atoms with Crippen LogP contribution >= 0.6 is 0 Å². The lowest BCUT2D eigenvalue weighted by atomic mass is 9.55. The van der Waals surface area contributed by atoms with Gasteiger partial charge in [0.05, 0.1) is 19.7 Å². The van der Waals surface area contributed by atoms with Gasteiger partial charge in [0.1, 0.15) is 0 Å². The summed E-state index contributed by atoms with van der Waals surface area (Å²) in [5, 5.41) is 3.36. The SMILES string of the molecule is [C-]#[N+]C1=C[C@@]2(C)CN(C(=O)CCC)CC[C@@H]2C(C)(C)C1=O.[C-]#[N+]C1=C[C@]2(C)CN(C(=O)CCC)CC[C@H]2C(C)(C)C1=O.[C-]#[N+]C1=C[C@]2(C)CNCC[C@H]2C(C)(C)C1=O. The molecule has 6 atom stereocenters. The summed E-state index contributed by atoms with van der Waals surface area (Å²) in [5.74, 6) is 1.02. The zero-order chi connectivity index (χ0) is 43.6. The molecule has 0 saturated carbocycles. The summed E-state index contributed by atoms with van der Waals surface area (Å²) in [4.78, 5) is 75.4. The third-order valence-corrected chi connectivity index (χ3v) is 14.4.